The highest BCUT2D eigenvalue weighted by atomic mass is 32.2. The van der Waals surface area contributed by atoms with E-state index in [1.165, 1.54) is 0 Å². The van der Waals surface area contributed by atoms with Crippen LogP contribution in [0.5, 0.6) is 0 Å². The summed E-state index contributed by atoms with van der Waals surface area (Å²) in [5, 5.41) is 3.07. The Morgan fingerprint density at radius 3 is 2.75 bits per heavy atom. The van der Waals surface area contributed by atoms with Gasteiger partial charge in [-0.05, 0) is 18.2 Å². The zero-order valence-corrected chi connectivity index (χ0v) is 9.28. The molecular weight excluding hydrogens is 222 g/mol. The van der Waals surface area contributed by atoms with E-state index < -0.39 is 11.1 Å². The van der Waals surface area contributed by atoms with E-state index in [0.717, 1.165) is 11.3 Å². The molecule has 1 aromatic carbocycles. The normalized spacial score (nSPS) is 16.2. The minimum absolute atomic E-state index is 0.407. The van der Waals surface area contributed by atoms with Gasteiger partial charge < -0.3 is 9.87 Å². The predicted molar refractivity (Wildman–Crippen MR) is 64.9 cm³/mol. The summed E-state index contributed by atoms with van der Waals surface area (Å²) in [6.45, 7) is 0. The Morgan fingerprint density at radius 2 is 1.94 bits per heavy atom. The van der Waals surface area contributed by atoms with Crippen LogP contribution in [0.25, 0.3) is 5.70 Å². The molecule has 1 heterocycles. The second-order valence-corrected chi connectivity index (χ2v) is 4.15. The Morgan fingerprint density at radius 1 is 1.12 bits per heavy atom. The molecule has 1 aromatic rings. The number of benzene rings is 1. The molecule has 1 aliphatic rings. The van der Waals surface area contributed by atoms with Crippen LogP contribution in [0.1, 0.15) is 5.56 Å². The maximum Gasteiger partial charge on any atom is 0.187 e. The first-order valence-corrected chi connectivity index (χ1v) is 5.90. The van der Waals surface area contributed by atoms with E-state index >= 15 is 0 Å². The second-order valence-electron chi connectivity index (χ2n) is 3.21. The largest absolute Gasteiger partial charge is 0.361 e. The molecule has 82 valence electrons. The molecule has 1 aliphatic heterocycles. The van der Waals surface area contributed by atoms with E-state index in [1.807, 2.05) is 36.4 Å². The fourth-order valence-electron chi connectivity index (χ4n) is 1.47. The molecular formula is C12H11NO2S. The van der Waals surface area contributed by atoms with Crippen molar-refractivity contribution >= 4 is 16.8 Å². The molecule has 1 unspecified atom stereocenters. The Balaban J connectivity index is 2.47. The van der Waals surface area contributed by atoms with Crippen LogP contribution in [0.4, 0.5) is 0 Å². The van der Waals surface area contributed by atoms with Crippen molar-refractivity contribution in [1.82, 2.24) is 5.32 Å². The molecule has 2 rings (SSSR count). The lowest BCUT2D eigenvalue weighted by molar-refractivity contribution is 0.564. The second kappa shape index (κ2) is 4.92. The summed E-state index contributed by atoms with van der Waals surface area (Å²) in [7, 11) is 0. The van der Waals surface area contributed by atoms with Gasteiger partial charge in [-0.2, -0.15) is 0 Å². The minimum atomic E-state index is -1.98. The molecule has 1 atom stereocenters. The van der Waals surface area contributed by atoms with Crippen LogP contribution >= 0.6 is 0 Å². The summed E-state index contributed by atoms with van der Waals surface area (Å²) < 4.78 is 20.4. The van der Waals surface area contributed by atoms with Gasteiger partial charge in [-0.3, -0.25) is 0 Å². The summed E-state index contributed by atoms with van der Waals surface area (Å²) in [5.74, 6) is 0. The summed E-state index contributed by atoms with van der Waals surface area (Å²) in [6, 6.07) is 7.05. The number of hydrogen-bond acceptors (Lipinski definition) is 2. The lowest BCUT2D eigenvalue weighted by Crippen LogP contribution is -2.06. The molecule has 0 aromatic heterocycles. The molecule has 0 aliphatic carbocycles. The molecule has 0 saturated carbocycles. The third-order valence-corrected chi connectivity index (χ3v) is 2.92. The molecule has 2 N–H and O–H groups in total. The average molecular weight is 233 g/mol. The predicted octanol–water partition coefficient (Wildman–Crippen LogP) is 2.28. The highest BCUT2D eigenvalue weighted by Crippen LogP contribution is 2.20. The van der Waals surface area contributed by atoms with Crippen LogP contribution in [-0.4, -0.2) is 8.76 Å². The Bertz CT molecular complexity index is 503. The van der Waals surface area contributed by atoms with Crippen molar-refractivity contribution in [3.63, 3.8) is 0 Å². The van der Waals surface area contributed by atoms with Crippen molar-refractivity contribution in [1.29, 1.82) is 0 Å². The Hall–Kier alpha value is -1.65. The summed E-state index contributed by atoms with van der Waals surface area (Å²) in [6.07, 6.45) is 9.28. The van der Waals surface area contributed by atoms with Crippen LogP contribution in [0.3, 0.4) is 0 Å². The molecule has 3 nitrogen and oxygen atoms in total. The zero-order valence-electron chi connectivity index (χ0n) is 8.46. The van der Waals surface area contributed by atoms with Gasteiger partial charge >= 0.3 is 0 Å². The Kier molecular flexibility index (Phi) is 3.34. The van der Waals surface area contributed by atoms with E-state index in [1.54, 1.807) is 18.3 Å². The van der Waals surface area contributed by atoms with E-state index in [-0.39, 0.29) is 0 Å². The molecule has 0 radical (unpaired) electrons. The molecule has 0 amide bonds. The maximum atomic E-state index is 11.2. The van der Waals surface area contributed by atoms with Crippen molar-refractivity contribution in [2.75, 3.05) is 0 Å². The van der Waals surface area contributed by atoms with Gasteiger partial charge in [-0.15, -0.1) is 0 Å². The quantitative estimate of drug-likeness (QED) is 0.770. The number of hydrogen-bond donors (Lipinski definition) is 2. The van der Waals surface area contributed by atoms with Crippen molar-refractivity contribution in [3.05, 3.63) is 60.3 Å². The van der Waals surface area contributed by atoms with Gasteiger partial charge in [0.15, 0.2) is 11.1 Å². The van der Waals surface area contributed by atoms with Gasteiger partial charge in [0.25, 0.3) is 0 Å². The van der Waals surface area contributed by atoms with Crippen molar-refractivity contribution in [3.8, 4) is 0 Å². The van der Waals surface area contributed by atoms with Gasteiger partial charge in [0, 0.05) is 17.5 Å². The van der Waals surface area contributed by atoms with Crippen LogP contribution in [0.2, 0.25) is 0 Å². The first-order valence-electron chi connectivity index (χ1n) is 4.79. The smallest absolute Gasteiger partial charge is 0.187 e. The van der Waals surface area contributed by atoms with Crippen LogP contribution in [-0.2, 0) is 11.1 Å². The lowest BCUT2D eigenvalue weighted by Gasteiger charge is -2.09. The third-order valence-electron chi connectivity index (χ3n) is 2.19. The molecule has 4 heteroatoms. The first kappa shape index (κ1) is 10.9. The monoisotopic (exact) mass is 233 g/mol. The molecule has 0 bridgehead atoms. The first-order chi connectivity index (χ1) is 7.79. The van der Waals surface area contributed by atoms with Crippen LogP contribution in [0, 0.1) is 0 Å². The van der Waals surface area contributed by atoms with Gasteiger partial charge in [0.2, 0.25) is 0 Å². The number of allylic oxidation sites excluding steroid dienone is 4. The van der Waals surface area contributed by atoms with Crippen LogP contribution < -0.4 is 5.32 Å². The highest BCUT2D eigenvalue weighted by molar-refractivity contribution is 7.79. The molecule has 0 spiro atoms. The summed E-state index contributed by atoms with van der Waals surface area (Å²) in [4.78, 5) is 0.407. The standard InChI is InChI=1S/C12H11NO2S/c14-16(15)12-8-4-3-6-10(12)11-7-2-1-5-9-13-11/h1-9,13H,(H,14,15). The van der Waals surface area contributed by atoms with Crippen molar-refractivity contribution < 1.29 is 8.76 Å². The van der Waals surface area contributed by atoms with Crippen LogP contribution in [0.15, 0.2) is 59.7 Å². The van der Waals surface area contributed by atoms with E-state index in [2.05, 4.69) is 5.32 Å². The average Bonchev–Trinajstić information content (AvgIpc) is 2.57. The minimum Gasteiger partial charge on any atom is -0.361 e. The van der Waals surface area contributed by atoms with Crippen molar-refractivity contribution in [2.45, 2.75) is 4.90 Å². The fraction of sp³-hybridized carbons (Fsp3) is 0. The number of rotatable bonds is 2. The SMILES string of the molecule is O=S(O)c1ccccc1C1=CC=CC=CN1. The topological polar surface area (TPSA) is 49.3 Å². The lowest BCUT2D eigenvalue weighted by atomic mass is 10.1. The molecule has 0 saturated heterocycles. The number of nitrogens with one attached hydrogen (secondary N) is 1. The van der Waals surface area contributed by atoms with Gasteiger partial charge in [0.1, 0.15) is 0 Å². The highest BCUT2D eigenvalue weighted by Gasteiger charge is 2.10. The van der Waals surface area contributed by atoms with E-state index in [9.17, 15) is 8.76 Å². The van der Waals surface area contributed by atoms with Crippen molar-refractivity contribution in [2.24, 2.45) is 0 Å². The Labute approximate surface area is 96.5 Å². The third kappa shape index (κ3) is 2.29. The summed E-state index contributed by atoms with van der Waals surface area (Å²) in [5.41, 5.74) is 1.54. The zero-order chi connectivity index (χ0) is 11.4. The van der Waals surface area contributed by atoms with Gasteiger partial charge in [-0.25, -0.2) is 4.21 Å². The molecule has 16 heavy (non-hydrogen) atoms. The summed E-state index contributed by atoms with van der Waals surface area (Å²) >= 11 is -1.98. The van der Waals surface area contributed by atoms with Gasteiger partial charge in [0.05, 0.1) is 4.90 Å². The maximum absolute atomic E-state index is 11.2. The van der Waals surface area contributed by atoms with E-state index in [0.29, 0.717) is 4.90 Å². The fourth-order valence-corrected chi connectivity index (χ4v) is 2.03. The van der Waals surface area contributed by atoms with Gasteiger partial charge in [-0.1, -0.05) is 30.4 Å². The van der Waals surface area contributed by atoms with E-state index in [4.69, 9.17) is 0 Å². The molecule has 0 fully saturated rings.